The zero-order chi connectivity index (χ0) is 16.8. The molecular weight excluding hydrogens is 312 g/mol. The summed E-state index contributed by atoms with van der Waals surface area (Å²) >= 11 is 5.80. The molecule has 0 bridgehead atoms. The summed E-state index contributed by atoms with van der Waals surface area (Å²) in [5.41, 5.74) is 0.552. The van der Waals surface area contributed by atoms with Gasteiger partial charge in [-0.3, -0.25) is 9.59 Å². The Kier molecular flexibility index (Phi) is 6.46. The number of rotatable bonds is 5. The van der Waals surface area contributed by atoms with Crippen LogP contribution in [0.2, 0.25) is 5.02 Å². The van der Waals surface area contributed by atoms with E-state index in [4.69, 9.17) is 11.6 Å². The molecule has 0 saturated heterocycles. The molecular formula is C18H25ClN2O2. The van der Waals surface area contributed by atoms with Crippen LogP contribution in [-0.4, -0.2) is 36.3 Å². The number of benzene rings is 1. The average molecular weight is 337 g/mol. The molecule has 1 saturated carbocycles. The second-order valence-electron chi connectivity index (χ2n) is 6.43. The van der Waals surface area contributed by atoms with Crippen molar-refractivity contribution in [1.29, 1.82) is 0 Å². The van der Waals surface area contributed by atoms with Crippen LogP contribution in [0.3, 0.4) is 0 Å². The van der Waals surface area contributed by atoms with E-state index in [9.17, 15) is 9.59 Å². The van der Waals surface area contributed by atoms with Crippen molar-refractivity contribution in [1.82, 2.24) is 10.2 Å². The maximum Gasteiger partial charge on any atom is 0.251 e. The minimum Gasteiger partial charge on any atom is -0.352 e. The molecule has 1 N–H and O–H groups in total. The van der Waals surface area contributed by atoms with Crippen LogP contribution in [0.1, 0.15) is 49.4 Å². The Hall–Kier alpha value is -1.55. The zero-order valence-corrected chi connectivity index (χ0v) is 14.6. The number of nitrogens with zero attached hydrogens (tertiary/aromatic N) is 1. The summed E-state index contributed by atoms with van der Waals surface area (Å²) < 4.78 is 0. The molecule has 1 aromatic rings. The molecule has 0 unspecified atom stereocenters. The number of hydrogen-bond donors (Lipinski definition) is 1. The normalized spacial score (nSPS) is 20.8. The van der Waals surface area contributed by atoms with Crippen LogP contribution in [0.5, 0.6) is 0 Å². The molecule has 0 radical (unpaired) electrons. The van der Waals surface area contributed by atoms with Crippen LogP contribution in [0.15, 0.2) is 24.3 Å². The topological polar surface area (TPSA) is 49.4 Å². The van der Waals surface area contributed by atoms with Gasteiger partial charge in [0, 0.05) is 36.6 Å². The van der Waals surface area contributed by atoms with Gasteiger partial charge in [0.25, 0.3) is 5.91 Å². The van der Waals surface area contributed by atoms with Crippen LogP contribution in [0.25, 0.3) is 0 Å². The van der Waals surface area contributed by atoms with Crippen molar-refractivity contribution < 1.29 is 9.59 Å². The summed E-state index contributed by atoms with van der Waals surface area (Å²) in [6.45, 7) is 2.62. The molecule has 23 heavy (non-hydrogen) atoms. The number of carbonyl (C=O) groups excluding carboxylic acids is 2. The lowest BCUT2D eigenvalue weighted by atomic mass is 9.86. The first-order valence-corrected chi connectivity index (χ1v) is 8.64. The number of halogens is 1. The number of hydrogen-bond acceptors (Lipinski definition) is 2. The SMILES string of the molecule is CC1CCC(N(C)C(=O)CCNC(=O)c2ccc(Cl)cc2)CC1. The number of nitrogens with one attached hydrogen (secondary N) is 1. The van der Waals surface area contributed by atoms with Crippen molar-refractivity contribution in [3.8, 4) is 0 Å². The van der Waals surface area contributed by atoms with Crippen LogP contribution >= 0.6 is 11.6 Å². The van der Waals surface area contributed by atoms with Crippen LogP contribution in [-0.2, 0) is 4.79 Å². The quantitative estimate of drug-likeness (QED) is 0.894. The van der Waals surface area contributed by atoms with Gasteiger partial charge in [0.1, 0.15) is 0 Å². The fraction of sp³-hybridized carbons (Fsp3) is 0.556. The number of amides is 2. The maximum atomic E-state index is 12.2. The van der Waals surface area contributed by atoms with E-state index >= 15 is 0 Å². The lowest BCUT2D eigenvalue weighted by Crippen LogP contribution is -2.40. The summed E-state index contributed by atoms with van der Waals surface area (Å²) in [7, 11) is 1.88. The molecule has 5 heteroatoms. The molecule has 1 aliphatic carbocycles. The third kappa shape index (κ3) is 5.24. The first-order valence-electron chi connectivity index (χ1n) is 8.27. The molecule has 126 valence electrons. The standard InChI is InChI=1S/C18H25ClN2O2/c1-13-3-9-16(10-4-13)21(2)17(22)11-12-20-18(23)14-5-7-15(19)8-6-14/h5-8,13,16H,3-4,9-12H2,1-2H3,(H,20,23). The molecule has 1 aliphatic rings. The largest absolute Gasteiger partial charge is 0.352 e. The lowest BCUT2D eigenvalue weighted by Gasteiger charge is -2.33. The van der Waals surface area contributed by atoms with Crippen molar-refractivity contribution >= 4 is 23.4 Å². The highest BCUT2D eigenvalue weighted by Crippen LogP contribution is 2.26. The Morgan fingerprint density at radius 3 is 2.39 bits per heavy atom. The minimum absolute atomic E-state index is 0.0981. The van der Waals surface area contributed by atoms with E-state index in [1.54, 1.807) is 24.3 Å². The third-order valence-corrected chi connectivity index (χ3v) is 4.91. The van der Waals surface area contributed by atoms with E-state index in [-0.39, 0.29) is 11.8 Å². The minimum atomic E-state index is -0.177. The second-order valence-corrected chi connectivity index (χ2v) is 6.87. The molecule has 0 aromatic heterocycles. The Morgan fingerprint density at radius 2 is 1.78 bits per heavy atom. The van der Waals surface area contributed by atoms with Crippen molar-refractivity contribution in [3.63, 3.8) is 0 Å². The van der Waals surface area contributed by atoms with Gasteiger partial charge in [-0.05, 0) is 55.9 Å². The lowest BCUT2D eigenvalue weighted by molar-refractivity contribution is -0.132. The van der Waals surface area contributed by atoms with Gasteiger partial charge in [-0.1, -0.05) is 18.5 Å². The smallest absolute Gasteiger partial charge is 0.251 e. The van der Waals surface area contributed by atoms with E-state index in [2.05, 4.69) is 12.2 Å². The van der Waals surface area contributed by atoms with E-state index in [1.165, 1.54) is 12.8 Å². The fourth-order valence-corrected chi connectivity index (χ4v) is 3.12. The van der Waals surface area contributed by atoms with Crippen molar-refractivity contribution in [2.75, 3.05) is 13.6 Å². The summed E-state index contributed by atoms with van der Waals surface area (Å²) in [6, 6.07) is 7.06. The van der Waals surface area contributed by atoms with Gasteiger partial charge in [-0.25, -0.2) is 0 Å². The summed E-state index contributed by atoms with van der Waals surface area (Å²) in [6.07, 6.45) is 4.88. The highest BCUT2D eigenvalue weighted by molar-refractivity contribution is 6.30. The molecule has 0 spiro atoms. The fourth-order valence-electron chi connectivity index (χ4n) is 3.00. The molecule has 2 amide bonds. The van der Waals surface area contributed by atoms with E-state index < -0.39 is 0 Å². The van der Waals surface area contributed by atoms with Gasteiger partial charge >= 0.3 is 0 Å². The van der Waals surface area contributed by atoms with Crippen LogP contribution in [0, 0.1) is 5.92 Å². The van der Waals surface area contributed by atoms with Gasteiger partial charge in [0.2, 0.25) is 5.91 Å². The van der Waals surface area contributed by atoms with Crippen molar-refractivity contribution in [3.05, 3.63) is 34.9 Å². The summed E-state index contributed by atoms with van der Waals surface area (Å²) in [5, 5.41) is 3.38. The Balaban J connectivity index is 1.73. The predicted molar refractivity (Wildman–Crippen MR) is 92.6 cm³/mol. The Labute approximate surface area is 143 Å². The van der Waals surface area contributed by atoms with E-state index in [0.29, 0.717) is 29.6 Å². The van der Waals surface area contributed by atoms with Gasteiger partial charge in [0.15, 0.2) is 0 Å². The number of carbonyl (C=O) groups is 2. The predicted octanol–water partition coefficient (Wildman–Crippen LogP) is 3.50. The summed E-state index contributed by atoms with van der Waals surface area (Å²) in [5.74, 6) is 0.693. The molecule has 1 fully saturated rings. The van der Waals surface area contributed by atoms with Crippen molar-refractivity contribution in [2.45, 2.75) is 45.1 Å². The Morgan fingerprint density at radius 1 is 1.17 bits per heavy atom. The molecule has 1 aromatic carbocycles. The first-order chi connectivity index (χ1) is 11.0. The van der Waals surface area contributed by atoms with Crippen molar-refractivity contribution in [2.24, 2.45) is 5.92 Å². The van der Waals surface area contributed by atoms with Gasteiger partial charge in [-0.15, -0.1) is 0 Å². The second kappa shape index (κ2) is 8.34. The third-order valence-electron chi connectivity index (χ3n) is 4.66. The van der Waals surface area contributed by atoms with Gasteiger partial charge < -0.3 is 10.2 Å². The molecule has 0 heterocycles. The van der Waals surface area contributed by atoms with Gasteiger partial charge in [-0.2, -0.15) is 0 Å². The monoisotopic (exact) mass is 336 g/mol. The molecule has 0 aliphatic heterocycles. The molecule has 2 rings (SSSR count). The highest BCUT2D eigenvalue weighted by Gasteiger charge is 2.24. The summed E-state index contributed by atoms with van der Waals surface area (Å²) in [4.78, 5) is 26.1. The van der Waals surface area contributed by atoms with E-state index in [0.717, 1.165) is 18.8 Å². The zero-order valence-electron chi connectivity index (χ0n) is 13.8. The van der Waals surface area contributed by atoms with Crippen LogP contribution in [0.4, 0.5) is 0 Å². The Bertz CT molecular complexity index is 536. The molecule has 0 atom stereocenters. The highest BCUT2D eigenvalue weighted by atomic mass is 35.5. The van der Waals surface area contributed by atoms with E-state index in [1.807, 2.05) is 11.9 Å². The average Bonchev–Trinajstić information content (AvgIpc) is 2.55. The van der Waals surface area contributed by atoms with Gasteiger partial charge in [0.05, 0.1) is 0 Å². The maximum absolute atomic E-state index is 12.2. The first kappa shape index (κ1) is 17.8. The molecule has 4 nitrogen and oxygen atoms in total. The van der Waals surface area contributed by atoms with Crippen LogP contribution < -0.4 is 5.32 Å².